The molecule has 16 heavy (non-hydrogen) atoms. The molecule has 1 aromatic heterocycles. The summed E-state index contributed by atoms with van der Waals surface area (Å²) < 4.78 is 1.66. The SMILES string of the molecule is Cc1cc(C(=O)NN=CC(C)(C)C)nn1C. The van der Waals surface area contributed by atoms with E-state index in [0.717, 1.165) is 5.69 Å². The summed E-state index contributed by atoms with van der Waals surface area (Å²) >= 11 is 0. The molecule has 0 fully saturated rings. The molecule has 0 aromatic carbocycles. The van der Waals surface area contributed by atoms with Crippen molar-refractivity contribution in [1.82, 2.24) is 15.2 Å². The number of nitrogens with one attached hydrogen (secondary N) is 1. The zero-order valence-electron chi connectivity index (χ0n) is 10.4. The highest BCUT2D eigenvalue weighted by molar-refractivity contribution is 5.92. The average molecular weight is 222 g/mol. The maximum atomic E-state index is 11.6. The van der Waals surface area contributed by atoms with Gasteiger partial charge in [-0.3, -0.25) is 9.48 Å². The van der Waals surface area contributed by atoms with Crippen molar-refractivity contribution in [2.24, 2.45) is 17.6 Å². The number of aryl methyl sites for hydroxylation is 2. The summed E-state index contributed by atoms with van der Waals surface area (Å²) in [5.41, 5.74) is 3.72. The van der Waals surface area contributed by atoms with Crippen molar-refractivity contribution in [2.45, 2.75) is 27.7 Å². The van der Waals surface area contributed by atoms with E-state index in [9.17, 15) is 4.79 Å². The van der Waals surface area contributed by atoms with Gasteiger partial charge >= 0.3 is 0 Å². The topological polar surface area (TPSA) is 59.3 Å². The van der Waals surface area contributed by atoms with E-state index in [1.807, 2.05) is 27.7 Å². The molecule has 0 aliphatic rings. The summed E-state index contributed by atoms with van der Waals surface area (Å²) in [6.07, 6.45) is 1.70. The van der Waals surface area contributed by atoms with Crippen LogP contribution in [0.1, 0.15) is 37.0 Å². The monoisotopic (exact) mass is 222 g/mol. The van der Waals surface area contributed by atoms with Crippen LogP contribution in [0.2, 0.25) is 0 Å². The lowest BCUT2D eigenvalue weighted by Crippen LogP contribution is -2.20. The number of amides is 1. The smallest absolute Gasteiger partial charge is 0.272 e. The summed E-state index contributed by atoms with van der Waals surface area (Å²) in [6.45, 7) is 7.91. The van der Waals surface area contributed by atoms with Crippen LogP contribution >= 0.6 is 0 Å². The lowest BCUT2D eigenvalue weighted by molar-refractivity contribution is 0.0949. The first kappa shape index (κ1) is 12.4. The van der Waals surface area contributed by atoms with Gasteiger partial charge in [0.05, 0.1) is 0 Å². The molecule has 1 amide bonds. The van der Waals surface area contributed by atoms with Gasteiger partial charge in [-0.05, 0) is 18.4 Å². The fourth-order valence-corrected chi connectivity index (χ4v) is 1.01. The van der Waals surface area contributed by atoms with E-state index in [1.165, 1.54) is 0 Å². The van der Waals surface area contributed by atoms with Gasteiger partial charge in [-0.25, -0.2) is 5.43 Å². The number of nitrogens with zero attached hydrogens (tertiary/aromatic N) is 3. The summed E-state index contributed by atoms with van der Waals surface area (Å²) in [6, 6.07) is 1.72. The second kappa shape index (κ2) is 4.47. The van der Waals surface area contributed by atoms with Crippen LogP contribution in [0.25, 0.3) is 0 Å². The second-order valence-corrected chi connectivity index (χ2v) is 4.86. The van der Waals surface area contributed by atoms with Crippen LogP contribution in [0, 0.1) is 12.3 Å². The number of hydrogen-bond acceptors (Lipinski definition) is 3. The third-order valence-electron chi connectivity index (χ3n) is 1.96. The largest absolute Gasteiger partial charge is 0.291 e. The zero-order chi connectivity index (χ0) is 12.3. The molecule has 88 valence electrons. The number of hydrogen-bond donors (Lipinski definition) is 1. The van der Waals surface area contributed by atoms with E-state index in [4.69, 9.17) is 0 Å². The molecule has 0 atom stereocenters. The van der Waals surface area contributed by atoms with Crippen molar-refractivity contribution in [3.8, 4) is 0 Å². The number of carbonyl (C=O) groups excluding carboxylic acids is 1. The Morgan fingerprint density at radius 1 is 1.56 bits per heavy atom. The highest BCUT2D eigenvalue weighted by atomic mass is 16.2. The van der Waals surface area contributed by atoms with Crippen molar-refractivity contribution < 1.29 is 4.79 Å². The molecule has 0 aliphatic carbocycles. The van der Waals surface area contributed by atoms with E-state index in [1.54, 1.807) is 24.0 Å². The lowest BCUT2D eigenvalue weighted by atomic mass is 9.99. The summed E-state index contributed by atoms with van der Waals surface area (Å²) in [5, 5.41) is 7.94. The van der Waals surface area contributed by atoms with Gasteiger partial charge in [0.2, 0.25) is 0 Å². The average Bonchev–Trinajstić information content (AvgIpc) is 2.45. The Morgan fingerprint density at radius 2 is 2.19 bits per heavy atom. The Labute approximate surface area is 95.5 Å². The van der Waals surface area contributed by atoms with Crippen LogP contribution in [-0.2, 0) is 7.05 Å². The van der Waals surface area contributed by atoms with Gasteiger partial charge in [-0.2, -0.15) is 10.2 Å². The Bertz CT molecular complexity index is 393. The Kier molecular flexibility index (Phi) is 3.47. The zero-order valence-corrected chi connectivity index (χ0v) is 10.4. The van der Waals surface area contributed by atoms with Crippen LogP contribution in [0.5, 0.6) is 0 Å². The van der Waals surface area contributed by atoms with Crippen molar-refractivity contribution in [3.63, 3.8) is 0 Å². The van der Waals surface area contributed by atoms with Crippen molar-refractivity contribution in [1.29, 1.82) is 0 Å². The fraction of sp³-hybridized carbons (Fsp3) is 0.545. The lowest BCUT2D eigenvalue weighted by Gasteiger charge is -2.09. The number of carbonyl (C=O) groups is 1. The van der Waals surface area contributed by atoms with E-state index in [-0.39, 0.29) is 11.3 Å². The van der Waals surface area contributed by atoms with Gasteiger partial charge in [0.1, 0.15) is 0 Å². The van der Waals surface area contributed by atoms with Gasteiger partial charge in [0, 0.05) is 19.0 Å². The van der Waals surface area contributed by atoms with Gasteiger partial charge in [0.25, 0.3) is 5.91 Å². The molecule has 0 bridgehead atoms. The van der Waals surface area contributed by atoms with E-state index >= 15 is 0 Å². The number of aromatic nitrogens is 2. The standard InChI is InChI=1S/C11H18N4O/c1-8-6-9(14-15(8)5)10(16)13-12-7-11(2,3)4/h6-7H,1-5H3,(H,13,16). The van der Waals surface area contributed by atoms with Crippen LogP contribution in [-0.4, -0.2) is 21.9 Å². The molecule has 1 heterocycles. The molecule has 0 radical (unpaired) electrons. The predicted molar refractivity (Wildman–Crippen MR) is 63.4 cm³/mol. The predicted octanol–water partition coefficient (Wildman–Crippen LogP) is 1.49. The Morgan fingerprint density at radius 3 is 2.62 bits per heavy atom. The van der Waals surface area contributed by atoms with E-state index < -0.39 is 0 Å². The van der Waals surface area contributed by atoms with Gasteiger partial charge in [-0.15, -0.1) is 0 Å². The minimum Gasteiger partial charge on any atom is -0.272 e. The van der Waals surface area contributed by atoms with Crippen LogP contribution in [0.4, 0.5) is 0 Å². The number of hydrazone groups is 1. The molecule has 1 aromatic rings. The van der Waals surface area contributed by atoms with Crippen LogP contribution < -0.4 is 5.43 Å². The first-order chi connectivity index (χ1) is 7.29. The summed E-state index contributed by atoms with van der Waals surface area (Å²) in [5.74, 6) is -0.288. The first-order valence-corrected chi connectivity index (χ1v) is 5.15. The summed E-state index contributed by atoms with van der Waals surface area (Å²) in [4.78, 5) is 11.6. The molecule has 0 saturated carbocycles. The number of rotatable bonds is 2. The third-order valence-corrected chi connectivity index (χ3v) is 1.96. The molecule has 1 rings (SSSR count). The second-order valence-electron chi connectivity index (χ2n) is 4.86. The fourth-order valence-electron chi connectivity index (χ4n) is 1.01. The first-order valence-electron chi connectivity index (χ1n) is 5.15. The minimum absolute atomic E-state index is 0.0483. The van der Waals surface area contributed by atoms with Gasteiger partial charge < -0.3 is 0 Å². The third kappa shape index (κ3) is 3.49. The normalized spacial score (nSPS) is 12.1. The highest BCUT2D eigenvalue weighted by Crippen LogP contribution is 2.07. The Balaban J connectivity index is 2.63. The molecule has 0 aliphatic heterocycles. The molecule has 0 saturated heterocycles. The van der Waals surface area contributed by atoms with Crippen molar-refractivity contribution in [2.75, 3.05) is 0 Å². The maximum Gasteiger partial charge on any atom is 0.291 e. The maximum absolute atomic E-state index is 11.6. The van der Waals surface area contributed by atoms with Crippen LogP contribution in [0.15, 0.2) is 11.2 Å². The molecule has 5 heteroatoms. The van der Waals surface area contributed by atoms with Crippen LogP contribution in [0.3, 0.4) is 0 Å². The molecule has 5 nitrogen and oxygen atoms in total. The van der Waals surface area contributed by atoms with E-state index in [0.29, 0.717) is 5.69 Å². The van der Waals surface area contributed by atoms with Crippen molar-refractivity contribution >= 4 is 12.1 Å². The molecule has 0 unspecified atom stereocenters. The molecular weight excluding hydrogens is 204 g/mol. The van der Waals surface area contributed by atoms with Crippen molar-refractivity contribution in [3.05, 3.63) is 17.5 Å². The highest BCUT2D eigenvalue weighted by Gasteiger charge is 2.10. The van der Waals surface area contributed by atoms with E-state index in [2.05, 4.69) is 15.6 Å². The quantitative estimate of drug-likeness (QED) is 0.608. The molecular formula is C11H18N4O. The molecule has 0 spiro atoms. The Hall–Kier alpha value is -1.65. The molecule has 1 N–H and O–H groups in total. The minimum atomic E-state index is -0.288. The summed E-state index contributed by atoms with van der Waals surface area (Å²) in [7, 11) is 1.80. The van der Waals surface area contributed by atoms with Gasteiger partial charge in [0.15, 0.2) is 5.69 Å². The van der Waals surface area contributed by atoms with Gasteiger partial charge in [-0.1, -0.05) is 20.8 Å².